The second kappa shape index (κ2) is 9.97. The molecule has 0 fully saturated rings. The van der Waals surface area contributed by atoms with E-state index in [0.29, 0.717) is 19.6 Å². The van der Waals surface area contributed by atoms with Crippen molar-refractivity contribution in [2.45, 2.75) is 52.4 Å². The first-order valence-electron chi connectivity index (χ1n) is 5.64. The van der Waals surface area contributed by atoms with Crippen LogP contribution in [0.1, 0.15) is 40.0 Å². The molecule has 15 heavy (non-hydrogen) atoms. The highest BCUT2D eigenvalue weighted by Crippen LogP contribution is 2.00. The molecule has 1 unspecified atom stereocenters. The fraction of sp³-hybridized carbons (Fsp3) is 0.833. The molecule has 3 heteroatoms. The number of hydrogen-bond donors (Lipinski definition) is 1. The van der Waals surface area contributed by atoms with Gasteiger partial charge in [0.05, 0.1) is 6.42 Å². The molecule has 0 amide bonds. The van der Waals surface area contributed by atoms with Crippen molar-refractivity contribution in [2.75, 3.05) is 13.2 Å². The highest BCUT2D eigenvalue weighted by atomic mass is 16.7. The van der Waals surface area contributed by atoms with E-state index in [1.807, 2.05) is 20.8 Å². The standard InChI is InChI=1S/C12H22O3/c1-4-8-11(13)9-7-10-12(14-5-2)15-6-3/h11-13H,4-6,8,10H2,1-3H3. The van der Waals surface area contributed by atoms with Crippen molar-refractivity contribution in [2.24, 2.45) is 0 Å². The Labute approximate surface area is 92.8 Å². The van der Waals surface area contributed by atoms with E-state index in [9.17, 15) is 5.11 Å². The molecule has 0 rings (SSSR count). The molecular formula is C12H22O3. The highest BCUT2D eigenvalue weighted by Gasteiger charge is 2.04. The Morgan fingerprint density at radius 3 is 2.20 bits per heavy atom. The Hall–Kier alpha value is -0.560. The predicted molar refractivity (Wildman–Crippen MR) is 60.3 cm³/mol. The molecule has 1 atom stereocenters. The van der Waals surface area contributed by atoms with Gasteiger partial charge in [-0.1, -0.05) is 25.2 Å². The Balaban J connectivity index is 3.84. The number of ether oxygens (including phenoxy) is 2. The second-order valence-electron chi connectivity index (χ2n) is 3.17. The van der Waals surface area contributed by atoms with E-state index in [0.717, 1.165) is 12.8 Å². The highest BCUT2D eigenvalue weighted by molar-refractivity contribution is 5.04. The van der Waals surface area contributed by atoms with Crippen LogP contribution in [0.3, 0.4) is 0 Å². The summed E-state index contributed by atoms with van der Waals surface area (Å²) in [6.45, 7) is 7.10. The zero-order chi connectivity index (χ0) is 11.5. The minimum atomic E-state index is -0.515. The summed E-state index contributed by atoms with van der Waals surface area (Å²) in [6.07, 6.45) is 1.40. The molecule has 1 N–H and O–H groups in total. The molecule has 0 radical (unpaired) electrons. The van der Waals surface area contributed by atoms with E-state index < -0.39 is 6.10 Å². The van der Waals surface area contributed by atoms with E-state index in [1.54, 1.807) is 0 Å². The van der Waals surface area contributed by atoms with Crippen LogP contribution in [0.5, 0.6) is 0 Å². The Kier molecular flexibility index (Phi) is 9.60. The molecule has 0 aromatic carbocycles. The van der Waals surface area contributed by atoms with Gasteiger partial charge in [0.15, 0.2) is 6.29 Å². The van der Waals surface area contributed by atoms with Crippen LogP contribution in [-0.4, -0.2) is 30.7 Å². The molecule has 0 aliphatic carbocycles. The van der Waals surface area contributed by atoms with Gasteiger partial charge in [-0.2, -0.15) is 0 Å². The van der Waals surface area contributed by atoms with Crippen molar-refractivity contribution >= 4 is 0 Å². The van der Waals surface area contributed by atoms with Gasteiger partial charge in [0, 0.05) is 13.2 Å². The first-order valence-corrected chi connectivity index (χ1v) is 5.64. The number of rotatable bonds is 7. The summed E-state index contributed by atoms with van der Waals surface area (Å²) in [4.78, 5) is 0. The van der Waals surface area contributed by atoms with Gasteiger partial charge in [-0.3, -0.25) is 0 Å². The second-order valence-corrected chi connectivity index (χ2v) is 3.17. The average Bonchev–Trinajstić information content (AvgIpc) is 2.19. The summed E-state index contributed by atoms with van der Waals surface area (Å²) in [5, 5.41) is 9.37. The minimum absolute atomic E-state index is 0.263. The fourth-order valence-corrected chi connectivity index (χ4v) is 1.14. The van der Waals surface area contributed by atoms with E-state index in [1.165, 1.54) is 0 Å². The molecule has 0 saturated carbocycles. The summed E-state index contributed by atoms with van der Waals surface area (Å²) in [6, 6.07) is 0. The van der Waals surface area contributed by atoms with Crippen LogP contribution < -0.4 is 0 Å². The zero-order valence-electron chi connectivity index (χ0n) is 9.95. The molecule has 0 aliphatic heterocycles. The van der Waals surface area contributed by atoms with Crippen LogP contribution in [0.2, 0.25) is 0 Å². The lowest BCUT2D eigenvalue weighted by Crippen LogP contribution is -2.16. The van der Waals surface area contributed by atoms with Gasteiger partial charge in [0.1, 0.15) is 6.10 Å². The summed E-state index contributed by atoms with van der Waals surface area (Å²) in [5.74, 6) is 5.67. The van der Waals surface area contributed by atoms with Crippen molar-refractivity contribution < 1.29 is 14.6 Å². The van der Waals surface area contributed by atoms with Gasteiger partial charge in [-0.05, 0) is 20.3 Å². The van der Waals surface area contributed by atoms with Gasteiger partial charge in [-0.25, -0.2) is 0 Å². The lowest BCUT2D eigenvalue weighted by atomic mass is 10.2. The third-order valence-electron chi connectivity index (χ3n) is 1.80. The van der Waals surface area contributed by atoms with Gasteiger partial charge >= 0.3 is 0 Å². The Morgan fingerprint density at radius 2 is 1.73 bits per heavy atom. The quantitative estimate of drug-likeness (QED) is 0.520. The molecule has 0 bridgehead atoms. The maximum absolute atomic E-state index is 9.37. The van der Waals surface area contributed by atoms with Crippen molar-refractivity contribution in [1.82, 2.24) is 0 Å². The summed E-state index contributed by atoms with van der Waals surface area (Å²) in [5.41, 5.74) is 0. The SMILES string of the molecule is CCCC(O)C#CCC(OCC)OCC. The fourth-order valence-electron chi connectivity index (χ4n) is 1.14. The van der Waals surface area contributed by atoms with Crippen molar-refractivity contribution in [3.63, 3.8) is 0 Å². The van der Waals surface area contributed by atoms with E-state index in [-0.39, 0.29) is 6.29 Å². The minimum Gasteiger partial charge on any atom is -0.380 e. The lowest BCUT2D eigenvalue weighted by molar-refractivity contribution is -0.131. The van der Waals surface area contributed by atoms with E-state index in [2.05, 4.69) is 11.8 Å². The summed E-state index contributed by atoms with van der Waals surface area (Å²) >= 11 is 0. The third kappa shape index (κ3) is 8.44. The van der Waals surface area contributed by atoms with Crippen LogP contribution in [-0.2, 0) is 9.47 Å². The predicted octanol–water partition coefficient (Wildman–Crippen LogP) is 1.94. The topological polar surface area (TPSA) is 38.7 Å². The number of aliphatic hydroxyl groups excluding tert-OH is 1. The largest absolute Gasteiger partial charge is 0.380 e. The Morgan fingerprint density at radius 1 is 1.13 bits per heavy atom. The molecule has 0 aromatic rings. The zero-order valence-corrected chi connectivity index (χ0v) is 9.95. The summed E-state index contributed by atoms with van der Waals surface area (Å²) < 4.78 is 10.6. The third-order valence-corrected chi connectivity index (χ3v) is 1.80. The van der Waals surface area contributed by atoms with Crippen LogP contribution >= 0.6 is 0 Å². The lowest BCUT2D eigenvalue weighted by Gasteiger charge is -2.13. The van der Waals surface area contributed by atoms with Crippen LogP contribution in [0.25, 0.3) is 0 Å². The van der Waals surface area contributed by atoms with E-state index in [4.69, 9.17) is 9.47 Å². The first-order chi connectivity index (χ1) is 7.24. The molecule has 0 aromatic heterocycles. The van der Waals surface area contributed by atoms with Gasteiger partial charge in [0.2, 0.25) is 0 Å². The van der Waals surface area contributed by atoms with Crippen LogP contribution in [0.4, 0.5) is 0 Å². The van der Waals surface area contributed by atoms with Crippen LogP contribution in [0.15, 0.2) is 0 Å². The smallest absolute Gasteiger partial charge is 0.168 e. The van der Waals surface area contributed by atoms with Crippen molar-refractivity contribution in [1.29, 1.82) is 0 Å². The molecule has 0 spiro atoms. The normalized spacial score (nSPS) is 12.3. The maximum atomic E-state index is 9.37. The van der Waals surface area contributed by atoms with Crippen molar-refractivity contribution in [3.05, 3.63) is 0 Å². The van der Waals surface area contributed by atoms with Gasteiger partial charge in [-0.15, -0.1) is 0 Å². The first kappa shape index (κ1) is 14.4. The molecular weight excluding hydrogens is 192 g/mol. The van der Waals surface area contributed by atoms with Crippen molar-refractivity contribution in [3.8, 4) is 11.8 Å². The molecule has 88 valence electrons. The average molecular weight is 214 g/mol. The maximum Gasteiger partial charge on any atom is 0.168 e. The van der Waals surface area contributed by atoms with E-state index >= 15 is 0 Å². The van der Waals surface area contributed by atoms with Gasteiger partial charge < -0.3 is 14.6 Å². The molecule has 3 nitrogen and oxygen atoms in total. The van der Waals surface area contributed by atoms with Crippen LogP contribution in [0, 0.1) is 11.8 Å². The molecule has 0 aliphatic rings. The van der Waals surface area contributed by atoms with Gasteiger partial charge in [0.25, 0.3) is 0 Å². The summed E-state index contributed by atoms with van der Waals surface area (Å²) in [7, 11) is 0. The number of aliphatic hydroxyl groups is 1. The number of hydrogen-bond acceptors (Lipinski definition) is 3. The molecule has 0 saturated heterocycles. The monoisotopic (exact) mass is 214 g/mol. The molecule has 0 heterocycles. The Bertz CT molecular complexity index is 187.